The molecule has 2 aromatic carbocycles. The number of benzene rings is 2. The van der Waals surface area contributed by atoms with Gasteiger partial charge in [-0.1, -0.05) is 30.9 Å². The smallest absolute Gasteiger partial charge is 0.267 e. The number of hydrogen-bond acceptors (Lipinski definition) is 7. The molecule has 0 radical (unpaired) electrons. The number of pyridine rings is 1. The van der Waals surface area contributed by atoms with Gasteiger partial charge in [-0.2, -0.15) is 0 Å². The van der Waals surface area contributed by atoms with Crippen LogP contribution in [-0.2, 0) is 14.8 Å². The van der Waals surface area contributed by atoms with Crippen LogP contribution in [0.5, 0.6) is 5.75 Å². The van der Waals surface area contributed by atoms with Crippen LogP contribution in [0.25, 0.3) is 11.1 Å². The van der Waals surface area contributed by atoms with Crippen molar-refractivity contribution in [1.29, 1.82) is 0 Å². The maximum Gasteiger partial charge on any atom is 0.267 e. The van der Waals surface area contributed by atoms with Crippen LogP contribution in [0.2, 0.25) is 5.02 Å². The van der Waals surface area contributed by atoms with Crippen molar-refractivity contribution in [3.63, 3.8) is 0 Å². The monoisotopic (exact) mass is 617 g/mol. The summed E-state index contributed by atoms with van der Waals surface area (Å²) in [5.74, 6) is -2.61. The Morgan fingerprint density at radius 1 is 1.10 bits per heavy atom. The summed E-state index contributed by atoms with van der Waals surface area (Å²) in [6.07, 6.45) is 5.28. The summed E-state index contributed by atoms with van der Waals surface area (Å²) in [4.78, 5) is 51.4. The molecule has 0 spiro atoms. The summed E-state index contributed by atoms with van der Waals surface area (Å²) >= 11 is 6.19. The highest BCUT2D eigenvalue weighted by Gasteiger charge is 2.30. The minimum absolute atomic E-state index is 0.00803. The zero-order chi connectivity index (χ0) is 30.8. The molecule has 4 rings (SSSR count). The summed E-state index contributed by atoms with van der Waals surface area (Å²) in [6.45, 7) is 1.40. The number of carbonyl (C=O) groups excluding carboxylic acids is 3. The van der Waals surface area contributed by atoms with Gasteiger partial charge in [0, 0.05) is 27.9 Å². The number of hydrogen-bond donors (Lipinski definition) is 2. The summed E-state index contributed by atoms with van der Waals surface area (Å²) in [6, 6.07) is 8.19. The van der Waals surface area contributed by atoms with E-state index < -0.39 is 44.8 Å². The van der Waals surface area contributed by atoms with Crippen molar-refractivity contribution < 1.29 is 31.9 Å². The van der Waals surface area contributed by atoms with Gasteiger partial charge in [0.15, 0.2) is 5.78 Å². The Hall–Kier alpha value is -4.03. The van der Waals surface area contributed by atoms with Crippen LogP contribution in [0, 0.1) is 11.7 Å². The molecule has 0 aliphatic heterocycles. The Morgan fingerprint density at radius 2 is 1.79 bits per heavy atom. The standard InChI is InChI=1S/C29H29ClFN3O7S/c1-16(35)20-9-7-18(30)12-22(20)23-14-27(36)34(15-26(23)41-2)25(11-17-5-4-6-17)29(38)32-19-8-10-21(24(31)13-19)28(37)33-42(3,39)40/h7-10,12-15,17,25H,4-6,11H2,1-3H3,(H,32,38)(H,33,37). The van der Waals surface area contributed by atoms with Crippen LogP contribution >= 0.6 is 11.6 Å². The van der Waals surface area contributed by atoms with Crippen LogP contribution in [0.4, 0.5) is 10.1 Å². The van der Waals surface area contributed by atoms with Gasteiger partial charge >= 0.3 is 0 Å². The van der Waals surface area contributed by atoms with Crippen LogP contribution in [-0.4, -0.2) is 43.9 Å². The van der Waals surface area contributed by atoms with E-state index >= 15 is 0 Å². The molecule has 1 saturated carbocycles. The van der Waals surface area contributed by atoms with E-state index in [0.29, 0.717) is 28.1 Å². The highest BCUT2D eigenvalue weighted by Crippen LogP contribution is 2.37. The van der Waals surface area contributed by atoms with E-state index in [9.17, 15) is 32.0 Å². The number of nitrogens with one attached hydrogen (secondary N) is 2. The van der Waals surface area contributed by atoms with Crippen molar-refractivity contribution >= 4 is 44.9 Å². The number of nitrogens with zero attached hydrogens (tertiary/aromatic N) is 1. The molecule has 13 heteroatoms. The Bertz CT molecular complexity index is 1740. The molecule has 10 nitrogen and oxygen atoms in total. The molecule has 222 valence electrons. The Labute approximate surface area is 246 Å². The molecule has 3 aromatic rings. The number of amides is 2. The van der Waals surface area contributed by atoms with E-state index in [1.54, 1.807) is 22.9 Å². The fourth-order valence-corrected chi connectivity index (χ4v) is 5.43. The van der Waals surface area contributed by atoms with Crippen LogP contribution < -0.4 is 20.3 Å². The number of rotatable bonds is 10. The lowest BCUT2D eigenvalue weighted by Crippen LogP contribution is -2.35. The number of anilines is 1. The third kappa shape index (κ3) is 7.05. The average Bonchev–Trinajstić information content (AvgIpc) is 2.87. The van der Waals surface area contributed by atoms with E-state index in [0.717, 1.165) is 37.7 Å². The molecule has 42 heavy (non-hydrogen) atoms. The van der Waals surface area contributed by atoms with Crippen LogP contribution in [0.3, 0.4) is 0 Å². The highest BCUT2D eigenvalue weighted by molar-refractivity contribution is 7.89. The quantitative estimate of drug-likeness (QED) is 0.317. The Morgan fingerprint density at radius 3 is 2.36 bits per heavy atom. The molecule has 1 aliphatic rings. The van der Waals surface area contributed by atoms with Gasteiger partial charge in [-0.25, -0.2) is 17.5 Å². The van der Waals surface area contributed by atoms with Gasteiger partial charge in [0.2, 0.25) is 15.9 Å². The number of Topliss-reactive ketones (excluding diaryl/α,β-unsaturated/α-hetero) is 1. The first-order valence-electron chi connectivity index (χ1n) is 13.0. The van der Waals surface area contributed by atoms with Crippen LogP contribution in [0.1, 0.15) is 59.4 Å². The maximum absolute atomic E-state index is 14.7. The second-order valence-electron chi connectivity index (χ2n) is 10.2. The van der Waals surface area contributed by atoms with Gasteiger partial charge in [-0.15, -0.1) is 0 Å². The molecule has 1 fully saturated rings. The molecule has 2 amide bonds. The largest absolute Gasteiger partial charge is 0.495 e. The lowest BCUT2D eigenvalue weighted by Gasteiger charge is -2.30. The molecule has 1 atom stereocenters. The molecule has 1 unspecified atom stereocenters. The summed E-state index contributed by atoms with van der Waals surface area (Å²) in [7, 11) is -2.51. The normalized spacial score (nSPS) is 14.0. The van der Waals surface area contributed by atoms with Crippen molar-refractivity contribution in [2.24, 2.45) is 5.92 Å². The minimum Gasteiger partial charge on any atom is -0.495 e. The van der Waals surface area contributed by atoms with Crippen LogP contribution in [0.15, 0.2) is 53.5 Å². The third-order valence-electron chi connectivity index (χ3n) is 7.09. The van der Waals surface area contributed by atoms with Crippen molar-refractivity contribution in [3.05, 3.63) is 81.0 Å². The molecule has 0 bridgehead atoms. The van der Waals surface area contributed by atoms with Crippen molar-refractivity contribution in [2.75, 3.05) is 18.7 Å². The van der Waals surface area contributed by atoms with Gasteiger partial charge in [0.05, 0.1) is 25.1 Å². The predicted molar refractivity (Wildman–Crippen MR) is 156 cm³/mol. The maximum atomic E-state index is 14.7. The fourth-order valence-electron chi connectivity index (χ4n) is 4.81. The summed E-state index contributed by atoms with van der Waals surface area (Å²) < 4.78 is 45.9. The molecular weight excluding hydrogens is 589 g/mol. The van der Waals surface area contributed by atoms with Crippen molar-refractivity contribution in [2.45, 2.75) is 38.6 Å². The topological polar surface area (TPSA) is 141 Å². The van der Waals surface area contributed by atoms with Crippen molar-refractivity contribution in [1.82, 2.24) is 9.29 Å². The second-order valence-corrected chi connectivity index (χ2v) is 12.4. The van der Waals surface area contributed by atoms with Gasteiger partial charge in [0.1, 0.15) is 17.6 Å². The third-order valence-corrected chi connectivity index (χ3v) is 7.89. The predicted octanol–water partition coefficient (Wildman–Crippen LogP) is 4.58. The number of aromatic nitrogens is 1. The number of ketones is 1. The van der Waals surface area contributed by atoms with Gasteiger partial charge in [0.25, 0.3) is 11.5 Å². The number of methoxy groups -OCH3 is 1. The molecule has 0 saturated heterocycles. The molecular formula is C29H29ClFN3O7S. The Balaban J connectivity index is 1.70. The Kier molecular flexibility index (Phi) is 9.17. The molecule has 2 N–H and O–H groups in total. The van der Waals surface area contributed by atoms with Gasteiger partial charge < -0.3 is 10.1 Å². The second kappa shape index (κ2) is 12.5. The minimum atomic E-state index is -3.91. The number of ether oxygens (including phenoxy) is 1. The zero-order valence-electron chi connectivity index (χ0n) is 23.1. The van der Waals surface area contributed by atoms with Crippen molar-refractivity contribution in [3.8, 4) is 16.9 Å². The highest BCUT2D eigenvalue weighted by atomic mass is 35.5. The number of sulfonamides is 1. The zero-order valence-corrected chi connectivity index (χ0v) is 24.6. The van der Waals surface area contributed by atoms with E-state index in [2.05, 4.69) is 5.32 Å². The van der Waals surface area contributed by atoms with E-state index in [-0.39, 0.29) is 23.1 Å². The van der Waals surface area contributed by atoms with E-state index in [1.807, 2.05) is 0 Å². The SMILES string of the molecule is COc1cn(C(CC2CCC2)C(=O)Nc2ccc(C(=O)NS(C)(=O)=O)c(F)c2)c(=O)cc1-c1cc(Cl)ccc1C(C)=O. The molecule has 1 aromatic heterocycles. The van der Waals surface area contributed by atoms with Gasteiger partial charge in [-0.05, 0) is 61.2 Å². The first-order chi connectivity index (χ1) is 19.8. The van der Waals surface area contributed by atoms with E-state index in [4.69, 9.17) is 16.3 Å². The first-order valence-corrected chi connectivity index (χ1v) is 15.3. The summed E-state index contributed by atoms with van der Waals surface area (Å²) in [5, 5.41) is 2.96. The van der Waals surface area contributed by atoms with Gasteiger partial charge in [-0.3, -0.25) is 23.7 Å². The first kappa shape index (κ1) is 30.9. The number of halogens is 2. The number of carbonyl (C=O) groups is 3. The summed E-state index contributed by atoms with van der Waals surface area (Å²) in [5.41, 5.74) is 0.0412. The fraction of sp³-hybridized carbons (Fsp3) is 0.310. The molecule has 1 aliphatic carbocycles. The average molecular weight is 618 g/mol. The van der Waals surface area contributed by atoms with E-state index in [1.165, 1.54) is 36.9 Å². The lowest BCUT2D eigenvalue weighted by molar-refractivity contribution is -0.120. The molecule has 1 heterocycles. The lowest BCUT2D eigenvalue weighted by atomic mass is 9.80.